The number of anilines is 1. The molecule has 0 radical (unpaired) electrons. The smallest absolute Gasteiger partial charge is 0.180 e. The van der Waals surface area contributed by atoms with Crippen molar-refractivity contribution in [3.63, 3.8) is 0 Å². The number of para-hydroxylation sites is 1. The molecule has 1 aromatic carbocycles. The molecule has 0 fully saturated rings. The van der Waals surface area contributed by atoms with Gasteiger partial charge in [0.2, 0.25) is 0 Å². The number of nitrogen functional groups attached to an aromatic ring is 1. The molecule has 3 rings (SSSR count). The molecule has 0 bridgehead atoms. The number of hydrogen-bond acceptors (Lipinski definition) is 5. The van der Waals surface area contributed by atoms with Crippen molar-refractivity contribution in [3.05, 3.63) is 47.5 Å². The largest absolute Gasteiger partial charge is 0.375 e. The molecule has 0 aliphatic heterocycles. The van der Waals surface area contributed by atoms with E-state index in [1.807, 2.05) is 29.6 Å². The molecular formula is C13H11N3S2. The fraction of sp³-hybridized carbons (Fsp3) is 0.0769. The van der Waals surface area contributed by atoms with Crippen molar-refractivity contribution < 1.29 is 0 Å². The Kier molecular flexibility index (Phi) is 3.17. The molecule has 90 valence electrons. The van der Waals surface area contributed by atoms with Gasteiger partial charge in [0.15, 0.2) is 5.13 Å². The molecule has 0 saturated heterocycles. The van der Waals surface area contributed by atoms with Gasteiger partial charge in [0, 0.05) is 16.5 Å². The third kappa shape index (κ3) is 2.47. The van der Waals surface area contributed by atoms with Crippen molar-refractivity contribution in [2.24, 2.45) is 0 Å². The average molecular weight is 273 g/mol. The monoisotopic (exact) mass is 273 g/mol. The van der Waals surface area contributed by atoms with Crippen LogP contribution in [0, 0.1) is 0 Å². The Labute approximate surface area is 113 Å². The van der Waals surface area contributed by atoms with Gasteiger partial charge >= 0.3 is 0 Å². The van der Waals surface area contributed by atoms with Gasteiger partial charge in [-0.3, -0.25) is 0 Å². The Balaban J connectivity index is 1.78. The zero-order valence-electron chi connectivity index (χ0n) is 9.54. The molecule has 0 aliphatic carbocycles. The first-order valence-electron chi connectivity index (χ1n) is 5.50. The van der Waals surface area contributed by atoms with Crippen LogP contribution >= 0.6 is 23.1 Å². The lowest BCUT2D eigenvalue weighted by molar-refractivity contribution is 1.17. The molecule has 0 unspecified atom stereocenters. The lowest BCUT2D eigenvalue weighted by atomic mass is 10.2. The van der Waals surface area contributed by atoms with Crippen molar-refractivity contribution in [1.29, 1.82) is 0 Å². The normalized spacial score (nSPS) is 10.9. The highest BCUT2D eigenvalue weighted by Crippen LogP contribution is 2.24. The maximum Gasteiger partial charge on any atom is 0.180 e. The number of benzene rings is 1. The Morgan fingerprint density at radius 2 is 2.00 bits per heavy atom. The highest BCUT2D eigenvalue weighted by atomic mass is 32.2. The van der Waals surface area contributed by atoms with Crippen molar-refractivity contribution in [3.8, 4) is 0 Å². The highest BCUT2D eigenvalue weighted by molar-refractivity contribution is 7.98. The van der Waals surface area contributed by atoms with Crippen LogP contribution < -0.4 is 5.73 Å². The van der Waals surface area contributed by atoms with Gasteiger partial charge in [-0.25, -0.2) is 9.97 Å². The summed E-state index contributed by atoms with van der Waals surface area (Å²) in [4.78, 5) is 8.84. The number of nitrogens with zero attached hydrogens (tertiary/aromatic N) is 2. The number of rotatable bonds is 3. The molecule has 5 heteroatoms. The van der Waals surface area contributed by atoms with Crippen LogP contribution in [0.1, 0.15) is 5.69 Å². The van der Waals surface area contributed by atoms with E-state index >= 15 is 0 Å². The summed E-state index contributed by atoms with van der Waals surface area (Å²) >= 11 is 3.15. The second-order valence-electron chi connectivity index (χ2n) is 3.81. The first kappa shape index (κ1) is 11.5. The predicted octanol–water partition coefficient (Wildman–Crippen LogP) is 3.57. The van der Waals surface area contributed by atoms with Crippen LogP contribution in [0.25, 0.3) is 10.9 Å². The molecule has 0 atom stereocenters. The number of nitrogens with two attached hydrogens (primary N) is 1. The van der Waals surface area contributed by atoms with E-state index in [2.05, 4.69) is 22.1 Å². The van der Waals surface area contributed by atoms with Crippen LogP contribution in [0.15, 0.2) is 46.8 Å². The topological polar surface area (TPSA) is 51.8 Å². The second-order valence-corrected chi connectivity index (χ2v) is 5.69. The summed E-state index contributed by atoms with van der Waals surface area (Å²) in [7, 11) is 0. The third-order valence-corrected chi connectivity index (χ3v) is 4.20. The quantitative estimate of drug-likeness (QED) is 0.741. The number of fused-ring (bicyclic) bond motifs is 1. The molecule has 0 aliphatic rings. The molecule has 3 aromatic rings. The first-order chi connectivity index (χ1) is 8.81. The SMILES string of the molecule is Nc1nc(CSc2ccc3ccccc3n2)cs1. The van der Waals surface area contributed by atoms with Crippen LogP contribution in [0.3, 0.4) is 0 Å². The maximum absolute atomic E-state index is 5.60. The van der Waals surface area contributed by atoms with Gasteiger partial charge in [-0.2, -0.15) is 0 Å². The van der Waals surface area contributed by atoms with Crippen LogP contribution in [0.5, 0.6) is 0 Å². The Bertz CT molecular complexity index is 679. The number of hydrogen-bond donors (Lipinski definition) is 1. The van der Waals surface area contributed by atoms with E-state index in [-0.39, 0.29) is 0 Å². The predicted molar refractivity (Wildman–Crippen MR) is 77.8 cm³/mol. The average Bonchev–Trinajstić information content (AvgIpc) is 2.82. The summed E-state index contributed by atoms with van der Waals surface area (Å²) < 4.78 is 0. The van der Waals surface area contributed by atoms with Gasteiger partial charge in [0.1, 0.15) is 0 Å². The summed E-state index contributed by atoms with van der Waals surface area (Å²) in [5, 5.41) is 4.79. The first-order valence-corrected chi connectivity index (χ1v) is 7.36. The highest BCUT2D eigenvalue weighted by Gasteiger charge is 2.02. The fourth-order valence-electron chi connectivity index (χ4n) is 1.66. The van der Waals surface area contributed by atoms with Gasteiger partial charge < -0.3 is 5.73 Å². The number of thiazole rings is 1. The number of aromatic nitrogens is 2. The van der Waals surface area contributed by atoms with E-state index in [1.165, 1.54) is 16.7 Å². The van der Waals surface area contributed by atoms with E-state index in [9.17, 15) is 0 Å². The van der Waals surface area contributed by atoms with Crippen LogP contribution in [0.2, 0.25) is 0 Å². The van der Waals surface area contributed by atoms with Crippen molar-refractivity contribution in [2.45, 2.75) is 10.8 Å². The van der Waals surface area contributed by atoms with Crippen LogP contribution in [0.4, 0.5) is 5.13 Å². The minimum atomic E-state index is 0.622. The van der Waals surface area contributed by atoms with Gasteiger partial charge in [-0.1, -0.05) is 36.0 Å². The van der Waals surface area contributed by atoms with E-state index in [4.69, 9.17) is 5.73 Å². The molecule has 0 amide bonds. The van der Waals surface area contributed by atoms with Crippen molar-refractivity contribution >= 4 is 39.1 Å². The van der Waals surface area contributed by atoms with Gasteiger partial charge in [-0.15, -0.1) is 11.3 Å². The molecule has 0 spiro atoms. The molecule has 2 heterocycles. The summed E-state index contributed by atoms with van der Waals surface area (Å²) in [6.07, 6.45) is 0. The Hall–Kier alpha value is -1.59. The van der Waals surface area contributed by atoms with E-state index in [0.717, 1.165) is 22.0 Å². The van der Waals surface area contributed by atoms with Gasteiger partial charge in [0.25, 0.3) is 0 Å². The van der Waals surface area contributed by atoms with Gasteiger partial charge in [-0.05, 0) is 12.1 Å². The van der Waals surface area contributed by atoms with Crippen molar-refractivity contribution in [2.75, 3.05) is 5.73 Å². The standard InChI is InChI=1S/C13H11N3S2/c14-13-15-10(8-18-13)7-17-12-6-5-9-3-1-2-4-11(9)16-12/h1-6,8H,7H2,(H2,14,15). The summed E-state index contributed by atoms with van der Waals surface area (Å²) in [6, 6.07) is 12.3. The van der Waals surface area contributed by atoms with Crippen molar-refractivity contribution in [1.82, 2.24) is 9.97 Å². The molecule has 0 saturated carbocycles. The summed E-state index contributed by atoms with van der Waals surface area (Å²) in [5.41, 5.74) is 7.64. The number of thioether (sulfide) groups is 1. The zero-order chi connectivity index (χ0) is 12.4. The minimum absolute atomic E-state index is 0.622. The van der Waals surface area contributed by atoms with Crippen LogP contribution in [-0.4, -0.2) is 9.97 Å². The Morgan fingerprint density at radius 1 is 1.11 bits per heavy atom. The lowest BCUT2D eigenvalue weighted by Crippen LogP contribution is -1.86. The molecular weight excluding hydrogens is 262 g/mol. The molecule has 2 N–H and O–H groups in total. The Morgan fingerprint density at radius 3 is 2.83 bits per heavy atom. The lowest BCUT2D eigenvalue weighted by Gasteiger charge is -2.01. The van der Waals surface area contributed by atoms with Gasteiger partial charge in [0.05, 0.1) is 16.2 Å². The van der Waals surface area contributed by atoms with E-state index < -0.39 is 0 Å². The number of pyridine rings is 1. The van der Waals surface area contributed by atoms with E-state index in [0.29, 0.717) is 5.13 Å². The van der Waals surface area contributed by atoms with Crippen LogP contribution in [-0.2, 0) is 5.75 Å². The minimum Gasteiger partial charge on any atom is -0.375 e. The fourth-order valence-corrected chi connectivity index (χ4v) is 3.10. The molecule has 3 nitrogen and oxygen atoms in total. The molecule has 2 aromatic heterocycles. The third-order valence-electron chi connectivity index (χ3n) is 2.51. The van der Waals surface area contributed by atoms with E-state index in [1.54, 1.807) is 11.8 Å². The summed E-state index contributed by atoms with van der Waals surface area (Å²) in [6.45, 7) is 0. The second kappa shape index (κ2) is 4.96. The molecule has 18 heavy (non-hydrogen) atoms. The zero-order valence-corrected chi connectivity index (χ0v) is 11.2. The maximum atomic E-state index is 5.60. The summed E-state index contributed by atoms with van der Waals surface area (Å²) in [5.74, 6) is 0.805.